The zero-order chi connectivity index (χ0) is 15.0. The fraction of sp³-hybridized carbons (Fsp3) is 0.0769. The van der Waals surface area contributed by atoms with Crippen molar-refractivity contribution >= 4 is 11.6 Å². The van der Waals surface area contributed by atoms with Gasteiger partial charge in [0.2, 0.25) is 0 Å². The minimum atomic E-state index is -4.56. The van der Waals surface area contributed by atoms with E-state index in [2.05, 4.69) is 10.1 Å². The van der Waals surface area contributed by atoms with E-state index in [1.165, 1.54) is 24.6 Å². The first-order valence-corrected chi connectivity index (χ1v) is 6.16. The lowest BCUT2D eigenvalue weighted by atomic mass is 10.3. The van der Waals surface area contributed by atoms with Crippen molar-refractivity contribution in [3.8, 4) is 17.3 Å². The third kappa shape index (κ3) is 2.64. The van der Waals surface area contributed by atoms with Gasteiger partial charge in [-0.3, -0.25) is 0 Å². The highest BCUT2D eigenvalue weighted by Crippen LogP contribution is 2.33. The molecule has 0 aromatic carbocycles. The number of nitrogens with zero attached hydrogens (tertiary/aromatic N) is 3. The Morgan fingerprint density at radius 3 is 2.57 bits per heavy atom. The van der Waals surface area contributed by atoms with E-state index in [-0.39, 0.29) is 17.3 Å². The molecule has 3 heterocycles. The normalized spacial score (nSPS) is 11.8. The van der Waals surface area contributed by atoms with E-state index in [4.69, 9.17) is 16.0 Å². The molecule has 0 aliphatic heterocycles. The van der Waals surface area contributed by atoms with Gasteiger partial charge in [-0.05, 0) is 24.3 Å². The van der Waals surface area contributed by atoms with Crippen molar-refractivity contribution in [1.82, 2.24) is 14.8 Å². The van der Waals surface area contributed by atoms with Gasteiger partial charge in [0.1, 0.15) is 5.69 Å². The lowest BCUT2D eigenvalue weighted by Crippen LogP contribution is -2.08. The van der Waals surface area contributed by atoms with Gasteiger partial charge in [-0.25, -0.2) is 9.67 Å². The topological polar surface area (TPSA) is 43.9 Å². The Kier molecular flexibility index (Phi) is 3.21. The van der Waals surface area contributed by atoms with Crippen LogP contribution < -0.4 is 0 Å². The quantitative estimate of drug-likeness (QED) is 0.712. The first-order chi connectivity index (χ1) is 9.95. The predicted octanol–water partition coefficient (Wildman–Crippen LogP) is 4.20. The molecule has 4 nitrogen and oxygen atoms in total. The van der Waals surface area contributed by atoms with Crippen LogP contribution in [-0.2, 0) is 6.18 Å². The van der Waals surface area contributed by atoms with E-state index >= 15 is 0 Å². The number of hydrogen-bond acceptors (Lipinski definition) is 3. The third-order valence-electron chi connectivity index (χ3n) is 2.70. The number of furan rings is 1. The summed E-state index contributed by atoms with van der Waals surface area (Å²) in [5.41, 5.74) is -0.868. The lowest BCUT2D eigenvalue weighted by Gasteiger charge is -2.04. The molecule has 3 aromatic rings. The summed E-state index contributed by atoms with van der Waals surface area (Å²) in [7, 11) is 0. The highest BCUT2D eigenvalue weighted by Gasteiger charge is 2.35. The zero-order valence-electron chi connectivity index (χ0n) is 10.3. The summed E-state index contributed by atoms with van der Waals surface area (Å²) in [6, 6.07) is 7.03. The van der Waals surface area contributed by atoms with E-state index in [9.17, 15) is 13.2 Å². The van der Waals surface area contributed by atoms with E-state index in [1.807, 2.05) is 0 Å². The summed E-state index contributed by atoms with van der Waals surface area (Å²) in [6.07, 6.45) is -1.86. The first kappa shape index (κ1) is 13.7. The van der Waals surface area contributed by atoms with Gasteiger partial charge in [-0.15, -0.1) is 0 Å². The molecule has 0 spiro atoms. The smallest absolute Gasteiger partial charge is 0.435 e. The molecule has 0 fully saturated rings. The van der Waals surface area contributed by atoms with Gasteiger partial charge in [0.15, 0.2) is 17.3 Å². The van der Waals surface area contributed by atoms with Crippen molar-refractivity contribution in [1.29, 1.82) is 0 Å². The van der Waals surface area contributed by atoms with Crippen molar-refractivity contribution in [2.24, 2.45) is 0 Å². The Labute approximate surface area is 121 Å². The van der Waals surface area contributed by atoms with Gasteiger partial charge < -0.3 is 4.42 Å². The maximum atomic E-state index is 12.9. The molecule has 0 unspecified atom stereocenters. The van der Waals surface area contributed by atoms with Gasteiger partial charge in [0, 0.05) is 12.3 Å². The Balaban J connectivity index is 2.18. The van der Waals surface area contributed by atoms with Crippen LogP contribution in [0.25, 0.3) is 17.3 Å². The Hall–Kier alpha value is -2.28. The molecule has 0 radical (unpaired) electrons. The second kappa shape index (κ2) is 4.92. The SMILES string of the molecule is FC(F)(F)c1cc(-c2ccco2)n(-c2ccc(Cl)cn2)n1. The molecule has 108 valence electrons. The van der Waals surface area contributed by atoms with Gasteiger partial charge in [-0.1, -0.05) is 11.6 Å². The minimum absolute atomic E-state index is 0.155. The van der Waals surface area contributed by atoms with E-state index in [0.29, 0.717) is 5.02 Å². The molecule has 0 saturated carbocycles. The van der Waals surface area contributed by atoms with Crippen molar-refractivity contribution in [3.63, 3.8) is 0 Å². The van der Waals surface area contributed by atoms with E-state index in [0.717, 1.165) is 10.7 Å². The van der Waals surface area contributed by atoms with Crippen LogP contribution in [0.4, 0.5) is 13.2 Å². The molecule has 3 rings (SSSR count). The third-order valence-corrected chi connectivity index (χ3v) is 2.93. The van der Waals surface area contributed by atoms with Crippen molar-refractivity contribution in [2.75, 3.05) is 0 Å². The summed E-state index contributed by atoms with van der Waals surface area (Å²) in [5, 5.41) is 3.94. The van der Waals surface area contributed by atoms with Crippen LogP contribution in [-0.4, -0.2) is 14.8 Å². The molecule has 0 amide bonds. The second-order valence-electron chi connectivity index (χ2n) is 4.14. The van der Waals surface area contributed by atoms with Gasteiger partial charge in [0.25, 0.3) is 0 Å². The molecule has 0 atom stereocenters. The molecule has 21 heavy (non-hydrogen) atoms. The van der Waals surface area contributed by atoms with Crippen LogP contribution >= 0.6 is 11.6 Å². The van der Waals surface area contributed by atoms with Crippen LogP contribution in [0.3, 0.4) is 0 Å². The molecule has 0 N–H and O–H groups in total. The highest BCUT2D eigenvalue weighted by molar-refractivity contribution is 6.30. The zero-order valence-corrected chi connectivity index (χ0v) is 11.1. The number of rotatable bonds is 2. The summed E-state index contributed by atoms with van der Waals surface area (Å²) < 4.78 is 44.8. The average molecular weight is 314 g/mol. The predicted molar refractivity (Wildman–Crippen MR) is 69.1 cm³/mol. The van der Waals surface area contributed by atoms with Crippen molar-refractivity contribution < 1.29 is 17.6 Å². The largest absolute Gasteiger partial charge is 0.463 e. The highest BCUT2D eigenvalue weighted by atomic mass is 35.5. The van der Waals surface area contributed by atoms with E-state index < -0.39 is 11.9 Å². The molecule has 0 saturated heterocycles. The molecule has 0 aliphatic rings. The fourth-order valence-corrected chi connectivity index (χ4v) is 1.90. The summed E-state index contributed by atoms with van der Waals surface area (Å²) in [6.45, 7) is 0. The van der Waals surface area contributed by atoms with Gasteiger partial charge in [0.05, 0.1) is 11.3 Å². The summed E-state index contributed by atoms with van der Waals surface area (Å²) >= 11 is 5.73. The number of pyridine rings is 1. The number of alkyl halides is 3. The molecule has 8 heteroatoms. The summed E-state index contributed by atoms with van der Waals surface area (Å²) in [5.74, 6) is 0.469. The molecular formula is C13H7ClF3N3O. The van der Waals surface area contributed by atoms with Crippen LogP contribution in [0.15, 0.2) is 47.2 Å². The Morgan fingerprint density at radius 2 is 2.00 bits per heavy atom. The molecule has 0 aliphatic carbocycles. The second-order valence-corrected chi connectivity index (χ2v) is 4.57. The maximum absolute atomic E-state index is 12.9. The van der Waals surface area contributed by atoms with Gasteiger partial charge in [-0.2, -0.15) is 18.3 Å². The molecule has 0 bridgehead atoms. The summed E-state index contributed by atoms with van der Waals surface area (Å²) in [4.78, 5) is 3.97. The van der Waals surface area contributed by atoms with Crippen molar-refractivity contribution in [2.45, 2.75) is 6.18 Å². The Morgan fingerprint density at radius 1 is 1.19 bits per heavy atom. The van der Waals surface area contributed by atoms with Crippen molar-refractivity contribution in [3.05, 3.63) is 53.5 Å². The average Bonchev–Trinajstić information content (AvgIpc) is 3.07. The molecule has 3 aromatic heterocycles. The lowest BCUT2D eigenvalue weighted by molar-refractivity contribution is -0.141. The molecular weight excluding hydrogens is 307 g/mol. The van der Waals surface area contributed by atoms with Crippen LogP contribution in [0, 0.1) is 0 Å². The Bertz CT molecular complexity index is 748. The van der Waals surface area contributed by atoms with Crippen LogP contribution in [0.5, 0.6) is 0 Å². The maximum Gasteiger partial charge on any atom is 0.435 e. The fourth-order valence-electron chi connectivity index (χ4n) is 1.79. The first-order valence-electron chi connectivity index (χ1n) is 5.78. The monoisotopic (exact) mass is 313 g/mol. The minimum Gasteiger partial charge on any atom is -0.463 e. The van der Waals surface area contributed by atoms with Gasteiger partial charge >= 0.3 is 6.18 Å². The number of aromatic nitrogens is 3. The van der Waals surface area contributed by atoms with Crippen LogP contribution in [0.2, 0.25) is 5.02 Å². The van der Waals surface area contributed by atoms with E-state index in [1.54, 1.807) is 12.1 Å². The standard InChI is InChI=1S/C13H7ClF3N3O/c14-8-3-4-12(18-7-8)20-9(10-2-1-5-21-10)6-11(19-20)13(15,16)17/h1-7H. The number of hydrogen-bond donors (Lipinski definition) is 0. The number of halogens is 4. The van der Waals surface area contributed by atoms with Crippen LogP contribution in [0.1, 0.15) is 5.69 Å².